The molecule has 100 valence electrons. The fourth-order valence-corrected chi connectivity index (χ4v) is 2.41. The first-order valence-corrected chi connectivity index (χ1v) is 7.08. The lowest BCUT2D eigenvalue weighted by Crippen LogP contribution is -2.39. The Kier molecular flexibility index (Phi) is 4.28. The first-order valence-electron chi connectivity index (χ1n) is 7.08. The maximum atomic E-state index is 3.50. The zero-order valence-corrected chi connectivity index (χ0v) is 12.0. The Morgan fingerprint density at radius 3 is 2.33 bits per heavy atom. The van der Waals surface area contributed by atoms with Crippen molar-refractivity contribution in [3.63, 3.8) is 0 Å². The summed E-state index contributed by atoms with van der Waals surface area (Å²) in [6.45, 7) is 11.6. The Balaban J connectivity index is 1.68. The van der Waals surface area contributed by atoms with Gasteiger partial charge in [-0.05, 0) is 50.4 Å². The average molecular weight is 246 g/mol. The van der Waals surface area contributed by atoms with Crippen LogP contribution in [0.2, 0.25) is 0 Å². The zero-order valence-electron chi connectivity index (χ0n) is 12.0. The predicted molar refractivity (Wildman–Crippen MR) is 79.1 cm³/mol. The largest absolute Gasteiger partial charge is 0.384 e. The van der Waals surface area contributed by atoms with Gasteiger partial charge in [0.25, 0.3) is 0 Å². The van der Waals surface area contributed by atoms with Crippen molar-refractivity contribution < 1.29 is 0 Å². The summed E-state index contributed by atoms with van der Waals surface area (Å²) in [6, 6.07) is 8.64. The maximum absolute atomic E-state index is 3.50. The summed E-state index contributed by atoms with van der Waals surface area (Å²) in [5.41, 5.74) is 3.11. The number of nitrogens with one attached hydrogen (secondary N) is 1. The van der Waals surface area contributed by atoms with Crippen LogP contribution in [0.4, 0.5) is 5.69 Å². The molecular formula is C16H26N2. The molecule has 1 aromatic rings. The number of hydrogen-bond acceptors (Lipinski definition) is 2. The Hall–Kier alpha value is -1.02. The third-order valence-corrected chi connectivity index (χ3v) is 4.02. The van der Waals surface area contributed by atoms with Crippen molar-refractivity contribution in [1.29, 1.82) is 0 Å². The molecule has 2 heteroatoms. The lowest BCUT2D eigenvalue weighted by Gasteiger charge is -2.36. The standard InChI is InChI=1S/C16H26N2/c1-14-4-6-15(7-5-14)17-10-13-18-11-8-16(2,3)9-12-18/h4-7,17H,8-13H2,1-3H3. The molecule has 1 aliphatic heterocycles. The van der Waals surface area contributed by atoms with Crippen molar-refractivity contribution in [3.8, 4) is 0 Å². The molecule has 0 radical (unpaired) electrons. The van der Waals surface area contributed by atoms with Gasteiger partial charge in [0.15, 0.2) is 0 Å². The molecule has 1 saturated heterocycles. The summed E-state index contributed by atoms with van der Waals surface area (Å²) in [6.07, 6.45) is 2.66. The van der Waals surface area contributed by atoms with E-state index in [4.69, 9.17) is 0 Å². The van der Waals surface area contributed by atoms with Crippen LogP contribution in [0, 0.1) is 12.3 Å². The third-order valence-electron chi connectivity index (χ3n) is 4.02. The number of rotatable bonds is 4. The minimum Gasteiger partial charge on any atom is -0.384 e. The number of benzene rings is 1. The van der Waals surface area contributed by atoms with Gasteiger partial charge in [-0.3, -0.25) is 0 Å². The molecule has 1 aromatic carbocycles. The first kappa shape index (κ1) is 13.4. The molecule has 1 fully saturated rings. The van der Waals surface area contributed by atoms with E-state index in [1.165, 1.54) is 37.2 Å². The number of nitrogens with zero attached hydrogens (tertiary/aromatic N) is 1. The van der Waals surface area contributed by atoms with Gasteiger partial charge in [-0.15, -0.1) is 0 Å². The molecule has 2 nitrogen and oxygen atoms in total. The van der Waals surface area contributed by atoms with Gasteiger partial charge in [0.05, 0.1) is 0 Å². The molecule has 0 unspecified atom stereocenters. The van der Waals surface area contributed by atoms with Crippen LogP contribution < -0.4 is 5.32 Å². The van der Waals surface area contributed by atoms with Crippen LogP contribution in [-0.2, 0) is 0 Å². The Bertz CT molecular complexity index is 357. The second-order valence-electron chi connectivity index (χ2n) is 6.30. The van der Waals surface area contributed by atoms with Crippen molar-refractivity contribution in [3.05, 3.63) is 29.8 Å². The van der Waals surface area contributed by atoms with Gasteiger partial charge < -0.3 is 10.2 Å². The number of aryl methyl sites for hydroxylation is 1. The van der Waals surface area contributed by atoms with Gasteiger partial charge in [-0.25, -0.2) is 0 Å². The Morgan fingerprint density at radius 2 is 1.72 bits per heavy atom. The zero-order chi connectivity index (χ0) is 13.0. The Morgan fingerprint density at radius 1 is 1.11 bits per heavy atom. The number of anilines is 1. The first-order chi connectivity index (χ1) is 8.55. The molecule has 0 atom stereocenters. The van der Waals surface area contributed by atoms with Crippen molar-refractivity contribution in [2.75, 3.05) is 31.5 Å². The Labute approximate surface area is 111 Å². The smallest absolute Gasteiger partial charge is 0.0340 e. The van der Waals surface area contributed by atoms with Gasteiger partial charge in [0.2, 0.25) is 0 Å². The van der Waals surface area contributed by atoms with Crippen LogP contribution in [0.3, 0.4) is 0 Å². The van der Waals surface area contributed by atoms with E-state index in [0.29, 0.717) is 5.41 Å². The molecule has 0 aliphatic carbocycles. The van der Waals surface area contributed by atoms with Crippen LogP contribution in [0.1, 0.15) is 32.3 Å². The molecule has 0 amide bonds. The topological polar surface area (TPSA) is 15.3 Å². The lowest BCUT2D eigenvalue weighted by atomic mass is 9.83. The van der Waals surface area contributed by atoms with Crippen LogP contribution >= 0.6 is 0 Å². The van der Waals surface area contributed by atoms with Crippen molar-refractivity contribution in [2.24, 2.45) is 5.41 Å². The summed E-state index contributed by atoms with van der Waals surface area (Å²) < 4.78 is 0. The lowest BCUT2D eigenvalue weighted by molar-refractivity contribution is 0.137. The van der Waals surface area contributed by atoms with Crippen molar-refractivity contribution in [2.45, 2.75) is 33.6 Å². The summed E-state index contributed by atoms with van der Waals surface area (Å²) in [5, 5.41) is 3.50. The fraction of sp³-hybridized carbons (Fsp3) is 0.625. The van der Waals surface area contributed by atoms with Gasteiger partial charge >= 0.3 is 0 Å². The summed E-state index contributed by atoms with van der Waals surface area (Å²) >= 11 is 0. The molecule has 18 heavy (non-hydrogen) atoms. The number of hydrogen-bond donors (Lipinski definition) is 1. The van der Waals surface area contributed by atoms with E-state index in [-0.39, 0.29) is 0 Å². The summed E-state index contributed by atoms with van der Waals surface area (Å²) in [4.78, 5) is 2.58. The highest BCUT2D eigenvalue weighted by molar-refractivity contribution is 5.44. The average Bonchev–Trinajstić information content (AvgIpc) is 2.34. The minimum atomic E-state index is 0.556. The van der Waals surface area contributed by atoms with Crippen LogP contribution in [0.15, 0.2) is 24.3 Å². The number of piperidine rings is 1. The van der Waals surface area contributed by atoms with Gasteiger partial charge in [0, 0.05) is 18.8 Å². The van der Waals surface area contributed by atoms with E-state index in [0.717, 1.165) is 13.1 Å². The van der Waals surface area contributed by atoms with Gasteiger partial charge in [0.1, 0.15) is 0 Å². The van der Waals surface area contributed by atoms with E-state index in [1.54, 1.807) is 0 Å². The molecule has 0 saturated carbocycles. The van der Waals surface area contributed by atoms with Crippen LogP contribution in [0.5, 0.6) is 0 Å². The number of likely N-dealkylation sites (tertiary alicyclic amines) is 1. The summed E-state index contributed by atoms with van der Waals surface area (Å²) in [5.74, 6) is 0. The maximum Gasteiger partial charge on any atom is 0.0340 e. The van der Waals surface area contributed by atoms with E-state index in [9.17, 15) is 0 Å². The van der Waals surface area contributed by atoms with Crippen molar-refractivity contribution >= 4 is 5.69 Å². The highest BCUT2D eigenvalue weighted by Gasteiger charge is 2.24. The second kappa shape index (κ2) is 5.75. The summed E-state index contributed by atoms with van der Waals surface area (Å²) in [7, 11) is 0. The molecule has 0 bridgehead atoms. The molecule has 0 aromatic heterocycles. The fourth-order valence-electron chi connectivity index (χ4n) is 2.41. The van der Waals surface area contributed by atoms with E-state index in [1.807, 2.05) is 0 Å². The van der Waals surface area contributed by atoms with Gasteiger partial charge in [-0.2, -0.15) is 0 Å². The quantitative estimate of drug-likeness (QED) is 0.874. The molecule has 1 aliphatic rings. The molecular weight excluding hydrogens is 220 g/mol. The normalized spacial score (nSPS) is 19.7. The van der Waals surface area contributed by atoms with Crippen molar-refractivity contribution in [1.82, 2.24) is 4.90 Å². The highest BCUT2D eigenvalue weighted by atomic mass is 15.1. The minimum absolute atomic E-state index is 0.556. The van der Waals surface area contributed by atoms with Crippen LogP contribution in [-0.4, -0.2) is 31.1 Å². The predicted octanol–water partition coefficient (Wildman–Crippen LogP) is 3.53. The third kappa shape index (κ3) is 4.02. The highest BCUT2D eigenvalue weighted by Crippen LogP contribution is 2.29. The van der Waals surface area contributed by atoms with Gasteiger partial charge in [-0.1, -0.05) is 31.5 Å². The second-order valence-corrected chi connectivity index (χ2v) is 6.30. The van der Waals surface area contributed by atoms with E-state index < -0.39 is 0 Å². The monoisotopic (exact) mass is 246 g/mol. The molecule has 0 spiro atoms. The van der Waals surface area contributed by atoms with Crippen LogP contribution in [0.25, 0.3) is 0 Å². The molecule has 1 heterocycles. The molecule has 1 N–H and O–H groups in total. The SMILES string of the molecule is Cc1ccc(NCCN2CCC(C)(C)CC2)cc1. The van der Waals surface area contributed by atoms with E-state index in [2.05, 4.69) is 55.3 Å². The molecule has 2 rings (SSSR count). The van der Waals surface area contributed by atoms with E-state index >= 15 is 0 Å².